The van der Waals surface area contributed by atoms with Gasteiger partial charge in [-0.15, -0.1) is 16.6 Å². The number of benzene rings is 1. The molecule has 8 nitrogen and oxygen atoms in total. The van der Waals surface area contributed by atoms with Gasteiger partial charge in [-0.1, -0.05) is 5.92 Å². The van der Waals surface area contributed by atoms with E-state index < -0.39 is 29.2 Å². The molecule has 0 atom stereocenters. The first-order valence-corrected chi connectivity index (χ1v) is 7.25. The van der Waals surface area contributed by atoms with Crippen LogP contribution in [0.1, 0.15) is 26.4 Å². The average molecular weight is 375 g/mol. The van der Waals surface area contributed by atoms with Crippen LogP contribution in [-0.2, 0) is 0 Å². The topological polar surface area (TPSA) is 113 Å². The van der Waals surface area contributed by atoms with Crippen molar-refractivity contribution in [1.82, 2.24) is 19.7 Å². The van der Waals surface area contributed by atoms with Gasteiger partial charge in [-0.3, -0.25) is 9.36 Å². The molecular formula is C17H8F2LiN5O3. The largest absolute Gasteiger partial charge is 1.00 e. The molecular weight excluding hydrogens is 367 g/mol. The number of carboxylic acids is 1. The van der Waals surface area contributed by atoms with E-state index in [2.05, 4.69) is 20.5 Å². The van der Waals surface area contributed by atoms with Crippen LogP contribution in [0.2, 0.25) is 0 Å². The molecule has 0 bridgehead atoms. The Balaban J connectivity index is 0.00000280. The number of carbonyl (C=O) groups is 2. The molecule has 2 aromatic heterocycles. The molecule has 1 N–H and O–H groups in total. The fourth-order valence-corrected chi connectivity index (χ4v) is 2.15. The number of terminal acetylenes is 1. The van der Waals surface area contributed by atoms with Gasteiger partial charge in [0.2, 0.25) is 5.95 Å². The summed E-state index contributed by atoms with van der Waals surface area (Å²) in [5, 5.41) is 20.9. The molecule has 0 saturated carbocycles. The number of hydrogen-bond acceptors (Lipinski definition) is 6. The third-order valence-electron chi connectivity index (χ3n) is 3.43. The van der Waals surface area contributed by atoms with Crippen molar-refractivity contribution in [3.63, 3.8) is 0 Å². The maximum absolute atomic E-state index is 13.7. The van der Waals surface area contributed by atoms with Crippen LogP contribution in [-0.4, -0.2) is 31.6 Å². The van der Waals surface area contributed by atoms with E-state index in [1.165, 1.54) is 23.0 Å². The molecule has 28 heavy (non-hydrogen) atoms. The molecule has 2 heterocycles. The molecule has 1 amide bonds. The SMILES string of the molecule is C#Cc1cc(NC(=O)c2ccc(-n3cnc(F)c3)nn2)c(C(=O)[O-])cc1F.[Li+]. The zero-order valence-electron chi connectivity index (χ0n) is 14.3. The molecule has 11 heteroatoms. The first-order valence-electron chi connectivity index (χ1n) is 7.25. The third-order valence-corrected chi connectivity index (χ3v) is 3.43. The Hall–Kier alpha value is -3.53. The number of halogens is 2. The standard InChI is InChI=1S/C17H9F2N5O3.Li/c1-2-9-5-13(10(17(26)27)6-11(9)18)21-16(25)12-3-4-15(23-22-12)24-7-14(19)20-8-24;/h1,3-8H,(H,21,25)(H,26,27);/q;+1/p-1. The zero-order valence-corrected chi connectivity index (χ0v) is 14.3. The van der Waals surface area contributed by atoms with Crippen LogP contribution < -0.4 is 29.3 Å². The van der Waals surface area contributed by atoms with Gasteiger partial charge in [-0.05, 0) is 24.3 Å². The molecule has 134 valence electrons. The zero-order chi connectivity index (χ0) is 19.6. The van der Waals surface area contributed by atoms with E-state index in [0.717, 1.165) is 12.3 Å². The quantitative estimate of drug-likeness (QED) is 0.400. The maximum atomic E-state index is 13.7. The Kier molecular flexibility index (Phi) is 6.26. The second-order valence-corrected chi connectivity index (χ2v) is 5.14. The van der Waals surface area contributed by atoms with Crippen LogP contribution in [0, 0.1) is 24.1 Å². The summed E-state index contributed by atoms with van der Waals surface area (Å²) >= 11 is 0. The van der Waals surface area contributed by atoms with Crippen molar-refractivity contribution in [2.45, 2.75) is 0 Å². The van der Waals surface area contributed by atoms with Crippen molar-refractivity contribution in [2.24, 2.45) is 0 Å². The number of imidazole rings is 1. The minimum atomic E-state index is -1.70. The summed E-state index contributed by atoms with van der Waals surface area (Å²) in [4.78, 5) is 26.8. The number of nitrogens with zero attached hydrogens (tertiary/aromatic N) is 4. The van der Waals surface area contributed by atoms with E-state index in [1.807, 2.05) is 5.92 Å². The summed E-state index contributed by atoms with van der Waals surface area (Å²) in [5.74, 6) is -1.93. The second-order valence-electron chi connectivity index (χ2n) is 5.14. The van der Waals surface area contributed by atoms with Gasteiger partial charge in [0, 0.05) is 5.56 Å². The summed E-state index contributed by atoms with van der Waals surface area (Å²) < 4.78 is 27.8. The summed E-state index contributed by atoms with van der Waals surface area (Å²) in [5.41, 5.74) is -1.25. The van der Waals surface area contributed by atoms with E-state index in [9.17, 15) is 23.5 Å². The molecule has 0 saturated heterocycles. The van der Waals surface area contributed by atoms with E-state index in [4.69, 9.17) is 6.42 Å². The molecule has 0 spiro atoms. The van der Waals surface area contributed by atoms with Gasteiger partial charge in [0.1, 0.15) is 12.1 Å². The molecule has 0 aliphatic rings. The van der Waals surface area contributed by atoms with E-state index >= 15 is 0 Å². The first kappa shape index (κ1) is 20.8. The number of hydrogen-bond donors (Lipinski definition) is 1. The van der Waals surface area contributed by atoms with Crippen LogP contribution in [0.5, 0.6) is 0 Å². The predicted molar refractivity (Wildman–Crippen MR) is 85.7 cm³/mol. The fraction of sp³-hybridized carbons (Fsp3) is 0. The number of aromatic nitrogens is 4. The van der Waals surface area contributed by atoms with Crippen LogP contribution in [0.3, 0.4) is 0 Å². The third kappa shape index (κ3) is 4.23. The van der Waals surface area contributed by atoms with Crippen molar-refractivity contribution < 1.29 is 42.3 Å². The predicted octanol–water partition coefficient (Wildman–Crippen LogP) is -2.46. The number of carbonyl (C=O) groups excluding carboxylic acids is 2. The van der Waals surface area contributed by atoms with Crippen LogP contribution in [0.4, 0.5) is 14.5 Å². The van der Waals surface area contributed by atoms with Crippen molar-refractivity contribution in [3.05, 3.63) is 65.4 Å². The molecule has 0 aliphatic heterocycles. The van der Waals surface area contributed by atoms with E-state index in [-0.39, 0.29) is 41.6 Å². The summed E-state index contributed by atoms with van der Waals surface area (Å²) in [7, 11) is 0. The molecule has 0 unspecified atom stereocenters. The van der Waals surface area contributed by atoms with Gasteiger partial charge in [0.15, 0.2) is 11.5 Å². The van der Waals surface area contributed by atoms with Gasteiger partial charge < -0.3 is 15.2 Å². The summed E-state index contributed by atoms with van der Waals surface area (Å²) in [6.07, 6.45) is 7.38. The molecule has 0 radical (unpaired) electrons. The fourth-order valence-electron chi connectivity index (χ4n) is 2.15. The molecule has 1 aromatic carbocycles. The minimum Gasteiger partial charge on any atom is -0.545 e. The number of carboxylic acid groups (broad SMARTS) is 1. The smallest absolute Gasteiger partial charge is 0.545 e. The Morgan fingerprint density at radius 2 is 1.96 bits per heavy atom. The van der Waals surface area contributed by atoms with Crippen molar-refractivity contribution in [3.8, 4) is 18.2 Å². The van der Waals surface area contributed by atoms with Gasteiger partial charge in [-0.2, -0.15) is 4.39 Å². The number of amides is 1. The van der Waals surface area contributed by atoms with Crippen molar-refractivity contribution in [2.75, 3.05) is 5.32 Å². The Labute approximate surface area is 168 Å². The number of anilines is 1. The Morgan fingerprint density at radius 1 is 1.21 bits per heavy atom. The number of aromatic carboxylic acids is 1. The number of nitrogens with one attached hydrogen (secondary N) is 1. The summed E-state index contributed by atoms with van der Waals surface area (Å²) in [6, 6.07) is 4.30. The van der Waals surface area contributed by atoms with Crippen LogP contribution >= 0.6 is 0 Å². The van der Waals surface area contributed by atoms with Crippen LogP contribution in [0.15, 0.2) is 36.8 Å². The monoisotopic (exact) mass is 375 g/mol. The number of rotatable bonds is 4. The maximum Gasteiger partial charge on any atom is 1.00 e. The van der Waals surface area contributed by atoms with Gasteiger partial charge in [-0.25, -0.2) is 9.37 Å². The van der Waals surface area contributed by atoms with Gasteiger partial charge in [0.05, 0.1) is 23.4 Å². The minimum absolute atomic E-state index is 0. The molecule has 0 aliphatic carbocycles. The average Bonchev–Trinajstić information content (AvgIpc) is 3.09. The van der Waals surface area contributed by atoms with Gasteiger partial charge >= 0.3 is 18.9 Å². The Morgan fingerprint density at radius 3 is 2.50 bits per heavy atom. The van der Waals surface area contributed by atoms with Crippen molar-refractivity contribution in [1.29, 1.82) is 0 Å². The van der Waals surface area contributed by atoms with E-state index in [1.54, 1.807) is 0 Å². The molecule has 3 aromatic rings. The second kappa shape index (κ2) is 8.44. The van der Waals surface area contributed by atoms with E-state index in [0.29, 0.717) is 6.07 Å². The van der Waals surface area contributed by atoms with Crippen LogP contribution in [0.25, 0.3) is 5.82 Å². The Bertz CT molecular complexity index is 1090. The van der Waals surface area contributed by atoms with Crippen molar-refractivity contribution >= 4 is 17.6 Å². The summed E-state index contributed by atoms with van der Waals surface area (Å²) in [6.45, 7) is 0. The van der Waals surface area contributed by atoms with Gasteiger partial charge in [0.25, 0.3) is 5.91 Å². The normalized spacial score (nSPS) is 9.89. The first-order chi connectivity index (χ1) is 12.9. The molecule has 3 rings (SSSR count). The molecule has 0 fully saturated rings.